The summed E-state index contributed by atoms with van der Waals surface area (Å²) in [7, 11) is 0. The maximum absolute atomic E-state index is 13.1. The first kappa shape index (κ1) is 16.5. The molecule has 0 amide bonds. The monoisotopic (exact) mass is 376 g/mol. The van der Waals surface area contributed by atoms with Gasteiger partial charge >= 0.3 is 0 Å². The predicted molar refractivity (Wildman–Crippen MR) is 95.9 cm³/mol. The van der Waals surface area contributed by atoms with E-state index in [1.54, 1.807) is 24.5 Å². The van der Waals surface area contributed by atoms with Gasteiger partial charge in [-0.05, 0) is 29.8 Å². The van der Waals surface area contributed by atoms with Gasteiger partial charge in [0, 0.05) is 24.3 Å². The third-order valence-electron chi connectivity index (χ3n) is 5.34. The molecule has 1 aromatic carbocycles. The van der Waals surface area contributed by atoms with Crippen LogP contribution in [0.5, 0.6) is 11.5 Å². The van der Waals surface area contributed by atoms with Gasteiger partial charge in [0.2, 0.25) is 12.7 Å². The Hall–Kier alpha value is -3.66. The van der Waals surface area contributed by atoms with Crippen molar-refractivity contribution in [2.24, 2.45) is 5.73 Å². The zero-order valence-corrected chi connectivity index (χ0v) is 14.8. The van der Waals surface area contributed by atoms with Crippen LogP contribution in [-0.4, -0.2) is 12.6 Å². The summed E-state index contributed by atoms with van der Waals surface area (Å²) in [5, 5.41) is 9.69. The van der Waals surface area contributed by atoms with Gasteiger partial charge in [0.05, 0.1) is 12.2 Å². The Morgan fingerprint density at radius 3 is 2.79 bits per heavy atom. The van der Waals surface area contributed by atoms with Crippen molar-refractivity contribution >= 4 is 5.78 Å². The minimum atomic E-state index is -0.590. The van der Waals surface area contributed by atoms with Gasteiger partial charge in [-0.2, -0.15) is 5.26 Å². The number of ketones is 1. The van der Waals surface area contributed by atoms with Crippen molar-refractivity contribution in [3.8, 4) is 17.6 Å². The third-order valence-corrected chi connectivity index (χ3v) is 5.34. The Kier molecular flexibility index (Phi) is 3.66. The molecule has 7 nitrogen and oxygen atoms in total. The summed E-state index contributed by atoms with van der Waals surface area (Å²) < 4.78 is 22.0. The molecule has 0 saturated carbocycles. The number of hydrogen-bond donors (Lipinski definition) is 1. The predicted octanol–water partition coefficient (Wildman–Crippen LogP) is 3.22. The van der Waals surface area contributed by atoms with Gasteiger partial charge in [-0.15, -0.1) is 0 Å². The molecular formula is C21H16N2O5. The first-order chi connectivity index (χ1) is 13.7. The van der Waals surface area contributed by atoms with Crippen molar-refractivity contribution in [3.05, 3.63) is 70.7 Å². The molecule has 7 heteroatoms. The number of benzene rings is 1. The number of fused-ring (bicyclic) bond motifs is 1. The minimum absolute atomic E-state index is 0.0248. The number of nitrogens with zero attached hydrogens (tertiary/aromatic N) is 1. The van der Waals surface area contributed by atoms with Crippen LogP contribution in [-0.2, 0) is 9.53 Å². The lowest BCUT2D eigenvalue weighted by molar-refractivity contribution is -0.117. The van der Waals surface area contributed by atoms with Crippen molar-refractivity contribution < 1.29 is 23.4 Å². The van der Waals surface area contributed by atoms with E-state index in [9.17, 15) is 10.1 Å². The van der Waals surface area contributed by atoms with Crippen LogP contribution in [0.4, 0.5) is 0 Å². The number of nitrogens with two attached hydrogens (primary N) is 1. The SMILES string of the molecule is N#CC1=C(N)OC2=C(C(=O)C[C@@H](c3ccco3)C2)[C@H]1c1ccc2c(c1)OCO2. The van der Waals surface area contributed by atoms with E-state index >= 15 is 0 Å². The van der Waals surface area contributed by atoms with Crippen LogP contribution in [0.2, 0.25) is 0 Å². The number of Topliss-reactive ketones (excluding diaryl/α,β-unsaturated/α-hetero) is 1. The fraction of sp³-hybridized carbons (Fsp3) is 0.238. The number of hydrogen-bond acceptors (Lipinski definition) is 7. The van der Waals surface area contributed by atoms with Crippen LogP contribution in [0.25, 0.3) is 0 Å². The molecule has 2 N–H and O–H groups in total. The smallest absolute Gasteiger partial charge is 0.231 e. The van der Waals surface area contributed by atoms with E-state index in [4.69, 9.17) is 24.4 Å². The molecule has 2 aromatic rings. The molecule has 0 spiro atoms. The molecule has 5 rings (SSSR count). The standard InChI is InChI=1S/C21H16N2O5/c22-9-13-19(11-3-4-16-17(7-11)27-10-26-16)20-14(24)6-12(15-2-1-5-25-15)8-18(20)28-21(13)23/h1-5,7,12,19H,6,8,10,23H2/t12-,19+/m1/s1. The Bertz CT molecular complexity index is 1070. The Balaban J connectivity index is 1.60. The lowest BCUT2D eigenvalue weighted by Gasteiger charge is -2.33. The highest BCUT2D eigenvalue weighted by Crippen LogP contribution is 2.48. The van der Waals surface area contributed by atoms with Crippen molar-refractivity contribution in [2.45, 2.75) is 24.7 Å². The van der Waals surface area contributed by atoms with Gasteiger partial charge in [-0.1, -0.05) is 6.07 Å². The van der Waals surface area contributed by atoms with E-state index in [1.807, 2.05) is 12.1 Å². The van der Waals surface area contributed by atoms with Crippen LogP contribution in [0, 0.1) is 11.3 Å². The largest absolute Gasteiger partial charge is 0.469 e. The lowest BCUT2D eigenvalue weighted by atomic mass is 9.74. The highest BCUT2D eigenvalue weighted by Gasteiger charge is 2.41. The Labute approximate surface area is 160 Å². The Morgan fingerprint density at radius 1 is 1.14 bits per heavy atom. The average molecular weight is 376 g/mol. The summed E-state index contributed by atoms with van der Waals surface area (Å²) in [6, 6.07) is 11.1. The number of rotatable bonds is 2. The van der Waals surface area contributed by atoms with E-state index in [0.717, 1.165) is 11.3 Å². The van der Waals surface area contributed by atoms with Gasteiger partial charge < -0.3 is 24.4 Å². The van der Waals surface area contributed by atoms with E-state index < -0.39 is 5.92 Å². The van der Waals surface area contributed by atoms with Crippen LogP contribution in [0.1, 0.15) is 36.0 Å². The number of carbonyl (C=O) groups is 1. The topological polar surface area (TPSA) is 108 Å². The van der Waals surface area contributed by atoms with Crippen LogP contribution < -0.4 is 15.2 Å². The van der Waals surface area contributed by atoms with Gasteiger partial charge in [0.25, 0.3) is 0 Å². The van der Waals surface area contributed by atoms with Crippen molar-refractivity contribution in [1.82, 2.24) is 0 Å². The number of nitriles is 1. The molecule has 3 aliphatic rings. The van der Waals surface area contributed by atoms with E-state index in [2.05, 4.69) is 6.07 Å². The maximum atomic E-state index is 13.1. The molecule has 140 valence electrons. The molecule has 1 aromatic heterocycles. The summed E-state index contributed by atoms with van der Waals surface area (Å²) >= 11 is 0. The highest BCUT2D eigenvalue weighted by atomic mass is 16.7. The normalized spacial score (nSPS) is 23.3. The minimum Gasteiger partial charge on any atom is -0.469 e. The lowest BCUT2D eigenvalue weighted by Crippen LogP contribution is -2.29. The molecule has 28 heavy (non-hydrogen) atoms. The van der Waals surface area contributed by atoms with E-state index in [0.29, 0.717) is 29.3 Å². The summed E-state index contributed by atoms with van der Waals surface area (Å²) in [6.07, 6.45) is 2.35. The summed E-state index contributed by atoms with van der Waals surface area (Å²) in [6.45, 7) is 0.146. The second-order valence-corrected chi connectivity index (χ2v) is 6.92. The zero-order valence-electron chi connectivity index (χ0n) is 14.8. The number of allylic oxidation sites excluding steroid dienone is 3. The molecule has 2 atom stereocenters. The van der Waals surface area contributed by atoms with Crippen molar-refractivity contribution in [1.29, 1.82) is 5.26 Å². The van der Waals surface area contributed by atoms with Crippen molar-refractivity contribution in [3.63, 3.8) is 0 Å². The van der Waals surface area contributed by atoms with Crippen LogP contribution in [0.3, 0.4) is 0 Å². The van der Waals surface area contributed by atoms with E-state index in [-0.39, 0.29) is 36.4 Å². The van der Waals surface area contributed by atoms with Gasteiger partial charge in [0.15, 0.2) is 17.3 Å². The van der Waals surface area contributed by atoms with Gasteiger partial charge in [-0.25, -0.2) is 0 Å². The fourth-order valence-corrected chi connectivity index (χ4v) is 4.06. The second kappa shape index (κ2) is 6.20. The Morgan fingerprint density at radius 2 is 2.00 bits per heavy atom. The summed E-state index contributed by atoms with van der Waals surface area (Å²) in [5.74, 6) is 1.69. The summed E-state index contributed by atoms with van der Waals surface area (Å²) in [5.41, 5.74) is 7.50. The molecular weight excluding hydrogens is 360 g/mol. The number of furan rings is 1. The molecule has 0 bridgehead atoms. The first-order valence-corrected chi connectivity index (χ1v) is 8.92. The zero-order chi connectivity index (χ0) is 19.3. The average Bonchev–Trinajstić information content (AvgIpc) is 3.38. The molecule has 0 unspecified atom stereocenters. The quantitative estimate of drug-likeness (QED) is 0.857. The molecule has 0 radical (unpaired) electrons. The molecule has 3 heterocycles. The molecule has 0 fully saturated rings. The number of carbonyl (C=O) groups excluding carboxylic acids is 1. The van der Waals surface area contributed by atoms with Crippen molar-refractivity contribution in [2.75, 3.05) is 6.79 Å². The van der Waals surface area contributed by atoms with Crippen LogP contribution >= 0.6 is 0 Å². The summed E-state index contributed by atoms with van der Waals surface area (Å²) in [4.78, 5) is 13.1. The third kappa shape index (κ3) is 2.46. The second-order valence-electron chi connectivity index (χ2n) is 6.92. The first-order valence-electron chi connectivity index (χ1n) is 8.92. The molecule has 0 saturated heterocycles. The van der Waals surface area contributed by atoms with Gasteiger partial charge in [-0.3, -0.25) is 4.79 Å². The highest BCUT2D eigenvalue weighted by molar-refractivity contribution is 6.00. The number of ether oxygens (including phenoxy) is 3. The maximum Gasteiger partial charge on any atom is 0.231 e. The van der Waals surface area contributed by atoms with Crippen LogP contribution in [0.15, 0.2) is 63.8 Å². The van der Waals surface area contributed by atoms with E-state index in [1.165, 1.54) is 0 Å². The molecule has 2 aliphatic heterocycles. The molecule has 1 aliphatic carbocycles. The fourth-order valence-electron chi connectivity index (χ4n) is 4.06. The van der Waals surface area contributed by atoms with Gasteiger partial charge in [0.1, 0.15) is 23.2 Å².